The Kier molecular flexibility index (Phi) is 7.98. The van der Waals surface area contributed by atoms with Crippen molar-refractivity contribution in [1.82, 2.24) is 10.2 Å². The van der Waals surface area contributed by atoms with E-state index in [-0.39, 0.29) is 12.1 Å². The number of rotatable bonds is 9. The standard InChI is InChI=1S/C13H30N2O/c1-6-13(11-16,14-5)9-8-10-15(7-2)12(3)4/h12,14,16H,6-11H2,1-5H3. The van der Waals surface area contributed by atoms with Crippen LogP contribution in [0.15, 0.2) is 0 Å². The lowest BCUT2D eigenvalue weighted by Gasteiger charge is -2.32. The molecule has 3 nitrogen and oxygen atoms in total. The Labute approximate surface area is 101 Å². The molecule has 98 valence electrons. The largest absolute Gasteiger partial charge is 0.394 e. The predicted octanol–water partition coefficient (Wildman–Crippen LogP) is 1.86. The molecule has 0 saturated heterocycles. The third-order valence-corrected chi connectivity index (χ3v) is 3.75. The highest BCUT2D eigenvalue weighted by Gasteiger charge is 2.24. The summed E-state index contributed by atoms with van der Waals surface area (Å²) in [5.41, 5.74) is -0.0730. The zero-order valence-electron chi connectivity index (χ0n) is 11.7. The Morgan fingerprint density at radius 1 is 1.31 bits per heavy atom. The third kappa shape index (κ3) is 4.81. The quantitative estimate of drug-likeness (QED) is 0.634. The van der Waals surface area contributed by atoms with Gasteiger partial charge in [-0.25, -0.2) is 0 Å². The molecule has 0 fully saturated rings. The van der Waals surface area contributed by atoms with Gasteiger partial charge in [0.15, 0.2) is 0 Å². The number of aliphatic hydroxyl groups excluding tert-OH is 1. The fourth-order valence-corrected chi connectivity index (χ4v) is 2.15. The van der Waals surface area contributed by atoms with Gasteiger partial charge in [-0.2, -0.15) is 0 Å². The van der Waals surface area contributed by atoms with Gasteiger partial charge in [0.2, 0.25) is 0 Å². The molecule has 0 aromatic heterocycles. The van der Waals surface area contributed by atoms with E-state index >= 15 is 0 Å². The number of nitrogens with one attached hydrogen (secondary N) is 1. The van der Waals surface area contributed by atoms with Crippen LogP contribution in [0.1, 0.15) is 47.0 Å². The molecule has 0 radical (unpaired) electrons. The summed E-state index contributed by atoms with van der Waals surface area (Å²) in [5.74, 6) is 0. The maximum atomic E-state index is 9.43. The minimum Gasteiger partial charge on any atom is -0.394 e. The SMILES string of the molecule is CCN(CCCC(CC)(CO)NC)C(C)C. The second kappa shape index (κ2) is 8.04. The van der Waals surface area contributed by atoms with E-state index in [9.17, 15) is 5.11 Å². The van der Waals surface area contributed by atoms with Gasteiger partial charge in [-0.15, -0.1) is 0 Å². The Morgan fingerprint density at radius 3 is 2.25 bits per heavy atom. The van der Waals surface area contributed by atoms with Crippen LogP contribution < -0.4 is 5.32 Å². The lowest BCUT2D eigenvalue weighted by Crippen LogP contribution is -2.46. The summed E-state index contributed by atoms with van der Waals surface area (Å²) >= 11 is 0. The van der Waals surface area contributed by atoms with Crippen LogP contribution in [0.25, 0.3) is 0 Å². The Bertz CT molecular complexity index is 159. The van der Waals surface area contributed by atoms with Gasteiger partial charge in [0.25, 0.3) is 0 Å². The number of likely N-dealkylation sites (N-methyl/N-ethyl adjacent to an activating group) is 1. The lowest BCUT2D eigenvalue weighted by molar-refractivity contribution is 0.142. The Morgan fingerprint density at radius 2 is 1.94 bits per heavy atom. The highest BCUT2D eigenvalue weighted by Crippen LogP contribution is 2.17. The van der Waals surface area contributed by atoms with Crippen molar-refractivity contribution < 1.29 is 5.11 Å². The van der Waals surface area contributed by atoms with Crippen LogP contribution in [0, 0.1) is 0 Å². The van der Waals surface area contributed by atoms with Crippen molar-refractivity contribution >= 4 is 0 Å². The minimum absolute atomic E-state index is 0.0730. The van der Waals surface area contributed by atoms with Crippen LogP contribution in [-0.4, -0.2) is 48.3 Å². The van der Waals surface area contributed by atoms with Crippen LogP contribution in [0.4, 0.5) is 0 Å². The van der Waals surface area contributed by atoms with Gasteiger partial charge in [-0.1, -0.05) is 13.8 Å². The summed E-state index contributed by atoms with van der Waals surface area (Å²) in [6, 6.07) is 0.615. The molecule has 0 rings (SSSR count). The van der Waals surface area contributed by atoms with Crippen molar-refractivity contribution in [3.8, 4) is 0 Å². The van der Waals surface area contributed by atoms with Crippen LogP contribution in [0.5, 0.6) is 0 Å². The molecule has 0 aromatic rings. The van der Waals surface area contributed by atoms with Gasteiger partial charge in [-0.3, -0.25) is 0 Å². The van der Waals surface area contributed by atoms with Crippen LogP contribution in [0.2, 0.25) is 0 Å². The maximum absolute atomic E-state index is 9.43. The first-order chi connectivity index (χ1) is 7.55. The summed E-state index contributed by atoms with van der Waals surface area (Å²) in [4.78, 5) is 2.47. The second-order valence-electron chi connectivity index (χ2n) is 4.87. The Hall–Kier alpha value is -0.120. The number of hydrogen-bond acceptors (Lipinski definition) is 3. The van der Waals surface area contributed by atoms with Crippen LogP contribution in [-0.2, 0) is 0 Å². The number of hydrogen-bond donors (Lipinski definition) is 2. The summed E-state index contributed by atoms with van der Waals surface area (Å²) in [6.07, 6.45) is 3.16. The topological polar surface area (TPSA) is 35.5 Å². The van der Waals surface area contributed by atoms with E-state index in [1.165, 1.54) is 0 Å². The molecule has 0 spiro atoms. The van der Waals surface area contributed by atoms with Crippen molar-refractivity contribution in [3.63, 3.8) is 0 Å². The van der Waals surface area contributed by atoms with Crippen LogP contribution in [0.3, 0.4) is 0 Å². The van der Waals surface area contributed by atoms with E-state index in [0.717, 1.165) is 32.4 Å². The van der Waals surface area contributed by atoms with E-state index in [2.05, 4.69) is 37.9 Å². The third-order valence-electron chi connectivity index (χ3n) is 3.75. The van der Waals surface area contributed by atoms with Gasteiger partial charge >= 0.3 is 0 Å². The van der Waals surface area contributed by atoms with Gasteiger partial charge in [0, 0.05) is 11.6 Å². The highest BCUT2D eigenvalue weighted by molar-refractivity contribution is 4.84. The second-order valence-corrected chi connectivity index (χ2v) is 4.87. The molecule has 0 heterocycles. The maximum Gasteiger partial charge on any atom is 0.0613 e. The van der Waals surface area contributed by atoms with Crippen molar-refractivity contribution in [3.05, 3.63) is 0 Å². The summed E-state index contributed by atoms with van der Waals surface area (Å²) in [5, 5.41) is 12.7. The van der Waals surface area contributed by atoms with Crippen molar-refractivity contribution in [2.75, 3.05) is 26.7 Å². The average molecular weight is 230 g/mol. The molecular weight excluding hydrogens is 200 g/mol. The summed E-state index contributed by atoms with van der Waals surface area (Å²) < 4.78 is 0. The van der Waals surface area contributed by atoms with Crippen LogP contribution >= 0.6 is 0 Å². The molecule has 0 saturated carbocycles. The predicted molar refractivity (Wildman–Crippen MR) is 70.8 cm³/mol. The van der Waals surface area contributed by atoms with E-state index in [0.29, 0.717) is 6.04 Å². The zero-order valence-corrected chi connectivity index (χ0v) is 11.7. The molecule has 0 amide bonds. The van der Waals surface area contributed by atoms with Gasteiger partial charge in [0.1, 0.15) is 0 Å². The molecule has 0 aliphatic heterocycles. The molecule has 2 N–H and O–H groups in total. The summed E-state index contributed by atoms with van der Waals surface area (Å²) in [7, 11) is 1.94. The van der Waals surface area contributed by atoms with Gasteiger partial charge < -0.3 is 15.3 Å². The molecule has 16 heavy (non-hydrogen) atoms. The molecular formula is C13H30N2O. The lowest BCUT2D eigenvalue weighted by atomic mass is 9.91. The molecule has 1 atom stereocenters. The molecule has 0 aliphatic rings. The first-order valence-corrected chi connectivity index (χ1v) is 6.59. The van der Waals surface area contributed by atoms with E-state index in [1.807, 2.05) is 7.05 Å². The molecule has 0 aliphatic carbocycles. The van der Waals surface area contributed by atoms with Crippen molar-refractivity contribution in [2.45, 2.75) is 58.5 Å². The first kappa shape index (κ1) is 15.9. The summed E-state index contributed by atoms with van der Waals surface area (Å²) in [6.45, 7) is 11.3. The van der Waals surface area contributed by atoms with Crippen molar-refractivity contribution in [2.24, 2.45) is 0 Å². The molecule has 1 unspecified atom stereocenters. The number of aliphatic hydroxyl groups is 1. The van der Waals surface area contributed by atoms with Crippen molar-refractivity contribution in [1.29, 1.82) is 0 Å². The highest BCUT2D eigenvalue weighted by atomic mass is 16.3. The van der Waals surface area contributed by atoms with Gasteiger partial charge in [-0.05, 0) is 53.2 Å². The fourth-order valence-electron chi connectivity index (χ4n) is 2.15. The smallest absolute Gasteiger partial charge is 0.0613 e. The Balaban J connectivity index is 4.02. The molecule has 3 heteroatoms. The zero-order chi connectivity index (χ0) is 12.6. The van der Waals surface area contributed by atoms with E-state index < -0.39 is 0 Å². The molecule has 0 bridgehead atoms. The fraction of sp³-hybridized carbons (Fsp3) is 1.00. The van der Waals surface area contributed by atoms with E-state index in [4.69, 9.17) is 0 Å². The number of nitrogens with zero attached hydrogens (tertiary/aromatic N) is 1. The van der Waals surface area contributed by atoms with Gasteiger partial charge in [0.05, 0.1) is 6.61 Å². The first-order valence-electron chi connectivity index (χ1n) is 6.59. The molecule has 0 aromatic carbocycles. The van der Waals surface area contributed by atoms with E-state index in [1.54, 1.807) is 0 Å². The average Bonchev–Trinajstić information content (AvgIpc) is 2.30. The minimum atomic E-state index is -0.0730. The normalized spacial score (nSPS) is 15.8. The monoisotopic (exact) mass is 230 g/mol.